The standard InChI is InChI=1S/C19H20O5/c1-3-7-12-10-13(11-15(17(12)21)19(23)24-4-2)18(22)14-8-5-6-9-16(14)20/h5-6,8-11,20-21H,3-4,7H2,1-2H3. The van der Waals surface area contributed by atoms with Gasteiger partial charge in [-0.2, -0.15) is 0 Å². The summed E-state index contributed by atoms with van der Waals surface area (Å²) in [5.41, 5.74) is 0.824. The van der Waals surface area contributed by atoms with Crippen molar-refractivity contribution in [3.8, 4) is 11.5 Å². The van der Waals surface area contributed by atoms with E-state index in [9.17, 15) is 19.8 Å². The number of hydrogen-bond acceptors (Lipinski definition) is 5. The molecule has 24 heavy (non-hydrogen) atoms. The van der Waals surface area contributed by atoms with Gasteiger partial charge in [0.2, 0.25) is 0 Å². The maximum atomic E-state index is 12.7. The highest BCUT2D eigenvalue weighted by Crippen LogP contribution is 2.29. The number of phenols is 2. The molecule has 0 aromatic heterocycles. The van der Waals surface area contributed by atoms with Crippen LogP contribution in [-0.2, 0) is 11.2 Å². The SMILES string of the molecule is CCCc1cc(C(=O)c2ccccc2O)cc(C(=O)OCC)c1O. The lowest BCUT2D eigenvalue weighted by molar-refractivity contribution is 0.0523. The molecule has 0 heterocycles. The first-order valence-corrected chi connectivity index (χ1v) is 7.85. The molecule has 0 atom stereocenters. The molecule has 126 valence electrons. The van der Waals surface area contributed by atoms with Crippen LogP contribution < -0.4 is 0 Å². The minimum Gasteiger partial charge on any atom is -0.507 e. The number of phenolic OH excluding ortho intramolecular Hbond substituents is 2. The molecule has 0 saturated heterocycles. The third-order valence-electron chi connectivity index (χ3n) is 3.61. The smallest absolute Gasteiger partial charge is 0.341 e. The molecule has 0 unspecified atom stereocenters. The number of benzene rings is 2. The van der Waals surface area contributed by atoms with Crippen LogP contribution >= 0.6 is 0 Å². The third-order valence-corrected chi connectivity index (χ3v) is 3.61. The summed E-state index contributed by atoms with van der Waals surface area (Å²) in [6, 6.07) is 9.06. The Labute approximate surface area is 140 Å². The van der Waals surface area contributed by atoms with E-state index in [0.29, 0.717) is 12.0 Å². The molecule has 0 saturated carbocycles. The fourth-order valence-corrected chi connectivity index (χ4v) is 2.47. The van der Waals surface area contributed by atoms with Crippen molar-refractivity contribution in [2.75, 3.05) is 6.61 Å². The Morgan fingerprint density at radius 2 is 1.75 bits per heavy atom. The van der Waals surface area contributed by atoms with Crippen LogP contribution in [-0.4, -0.2) is 28.6 Å². The van der Waals surface area contributed by atoms with Gasteiger partial charge < -0.3 is 14.9 Å². The molecule has 5 nitrogen and oxygen atoms in total. The van der Waals surface area contributed by atoms with Crippen molar-refractivity contribution in [3.63, 3.8) is 0 Å². The summed E-state index contributed by atoms with van der Waals surface area (Å²) in [6.07, 6.45) is 1.25. The summed E-state index contributed by atoms with van der Waals surface area (Å²) in [6.45, 7) is 3.76. The second-order valence-electron chi connectivity index (χ2n) is 5.35. The zero-order valence-electron chi connectivity index (χ0n) is 13.7. The summed E-state index contributed by atoms with van der Waals surface area (Å²) in [5.74, 6) is -1.40. The Hall–Kier alpha value is -2.82. The van der Waals surface area contributed by atoms with Crippen molar-refractivity contribution < 1.29 is 24.5 Å². The second-order valence-corrected chi connectivity index (χ2v) is 5.35. The van der Waals surface area contributed by atoms with Crippen molar-refractivity contribution in [2.24, 2.45) is 0 Å². The Morgan fingerprint density at radius 3 is 2.38 bits per heavy atom. The third kappa shape index (κ3) is 3.56. The fraction of sp³-hybridized carbons (Fsp3) is 0.263. The summed E-state index contributed by atoms with van der Waals surface area (Å²) >= 11 is 0. The number of carbonyl (C=O) groups is 2. The predicted octanol–water partition coefficient (Wildman–Crippen LogP) is 3.46. The minimum atomic E-state index is -0.681. The molecule has 2 N–H and O–H groups in total. The molecule has 0 radical (unpaired) electrons. The van der Waals surface area contributed by atoms with Gasteiger partial charge in [0.25, 0.3) is 0 Å². The topological polar surface area (TPSA) is 83.8 Å². The van der Waals surface area contributed by atoms with Crippen LogP contribution in [0.5, 0.6) is 11.5 Å². The van der Waals surface area contributed by atoms with E-state index in [2.05, 4.69) is 0 Å². The quantitative estimate of drug-likeness (QED) is 0.627. The van der Waals surface area contributed by atoms with Gasteiger partial charge in [0.05, 0.1) is 12.2 Å². The van der Waals surface area contributed by atoms with Gasteiger partial charge >= 0.3 is 5.97 Å². The van der Waals surface area contributed by atoms with E-state index in [1.54, 1.807) is 25.1 Å². The molecule has 5 heteroatoms. The Kier molecular flexibility index (Phi) is 5.58. The number of carbonyl (C=O) groups excluding carboxylic acids is 2. The number of hydrogen-bond donors (Lipinski definition) is 2. The molecular formula is C19H20O5. The number of aromatic hydroxyl groups is 2. The average molecular weight is 328 g/mol. The van der Waals surface area contributed by atoms with Gasteiger partial charge in [-0.15, -0.1) is 0 Å². The van der Waals surface area contributed by atoms with Crippen molar-refractivity contribution in [3.05, 3.63) is 58.7 Å². The van der Waals surface area contributed by atoms with Gasteiger partial charge in [0.1, 0.15) is 17.1 Å². The van der Waals surface area contributed by atoms with Gasteiger partial charge in [-0.05, 0) is 43.2 Å². The molecule has 0 spiro atoms. The number of para-hydroxylation sites is 1. The second kappa shape index (κ2) is 7.64. The Balaban J connectivity index is 2.55. The Morgan fingerprint density at radius 1 is 1.04 bits per heavy atom. The van der Waals surface area contributed by atoms with E-state index in [4.69, 9.17) is 4.74 Å². The van der Waals surface area contributed by atoms with E-state index in [1.807, 2.05) is 6.92 Å². The van der Waals surface area contributed by atoms with Gasteiger partial charge in [-0.1, -0.05) is 25.5 Å². The number of rotatable bonds is 6. The van der Waals surface area contributed by atoms with E-state index < -0.39 is 11.8 Å². The van der Waals surface area contributed by atoms with Crippen LogP contribution in [0.3, 0.4) is 0 Å². The molecule has 0 bridgehead atoms. The highest BCUT2D eigenvalue weighted by Gasteiger charge is 2.21. The minimum absolute atomic E-state index is 0.0402. The van der Waals surface area contributed by atoms with Crippen molar-refractivity contribution in [1.82, 2.24) is 0 Å². The molecule has 0 aliphatic carbocycles. The first-order chi connectivity index (χ1) is 11.5. The van der Waals surface area contributed by atoms with E-state index in [-0.39, 0.29) is 34.8 Å². The maximum Gasteiger partial charge on any atom is 0.341 e. The molecule has 2 aromatic rings. The molecule has 0 aliphatic rings. The zero-order valence-corrected chi connectivity index (χ0v) is 13.7. The average Bonchev–Trinajstić information content (AvgIpc) is 2.57. The lowest BCUT2D eigenvalue weighted by Gasteiger charge is -2.12. The number of ether oxygens (including phenoxy) is 1. The highest BCUT2D eigenvalue weighted by molar-refractivity contribution is 6.12. The van der Waals surface area contributed by atoms with Crippen LogP contribution in [0.15, 0.2) is 36.4 Å². The maximum absolute atomic E-state index is 12.7. The number of esters is 1. The van der Waals surface area contributed by atoms with Gasteiger partial charge in [-0.3, -0.25) is 4.79 Å². The lowest BCUT2D eigenvalue weighted by Crippen LogP contribution is -2.10. The van der Waals surface area contributed by atoms with Crippen LogP contribution in [0.25, 0.3) is 0 Å². The zero-order chi connectivity index (χ0) is 17.7. The molecule has 0 amide bonds. The van der Waals surface area contributed by atoms with Crippen molar-refractivity contribution >= 4 is 11.8 Å². The van der Waals surface area contributed by atoms with Gasteiger partial charge in [0.15, 0.2) is 5.78 Å². The van der Waals surface area contributed by atoms with E-state index in [1.165, 1.54) is 18.2 Å². The molecule has 0 aliphatic heterocycles. The summed E-state index contributed by atoms with van der Waals surface area (Å²) in [4.78, 5) is 24.7. The number of aryl methyl sites for hydroxylation is 1. The van der Waals surface area contributed by atoms with Crippen LogP contribution in [0.1, 0.15) is 52.1 Å². The first-order valence-electron chi connectivity index (χ1n) is 7.85. The lowest BCUT2D eigenvalue weighted by atomic mass is 9.95. The molecule has 0 fully saturated rings. The van der Waals surface area contributed by atoms with Gasteiger partial charge in [-0.25, -0.2) is 4.79 Å². The molecule has 2 aromatic carbocycles. The highest BCUT2D eigenvalue weighted by atomic mass is 16.5. The van der Waals surface area contributed by atoms with Gasteiger partial charge in [0, 0.05) is 5.56 Å². The predicted molar refractivity (Wildman–Crippen MR) is 89.6 cm³/mol. The summed E-state index contributed by atoms with van der Waals surface area (Å²) in [5, 5.41) is 20.2. The van der Waals surface area contributed by atoms with Crippen molar-refractivity contribution in [1.29, 1.82) is 0 Å². The summed E-state index contributed by atoms with van der Waals surface area (Å²) in [7, 11) is 0. The Bertz CT molecular complexity index is 764. The summed E-state index contributed by atoms with van der Waals surface area (Å²) < 4.78 is 4.95. The largest absolute Gasteiger partial charge is 0.507 e. The van der Waals surface area contributed by atoms with E-state index in [0.717, 1.165) is 6.42 Å². The fourth-order valence-electron chi connectivity index (χ4n) is 2.47. The number of ketones is 1. The van der Waals surface area contributed by atoms with Crippen LogP contribution in [0.4, 0.5) is 0 Å². The first kappa shape index (κ1) is 17.5. The normalized spacial score (nSPS) is 10.4. The van der Waals surface area contributed by atoms with E-state index >= 15 is 0 Å². The molecule has 2 rings (SSSR count). The molecular weight excluding hydrogens is 308 g/mol. The van der Waals surface area contributed by atoms with Crippen molar-refractivity contribution in [2.45, 2.75) is 26.7 Å². The van der Waals surface area contributed by atoms with Crippen LogP contribution in [0.2, 0.25) is 0 Å². The van der Waals surface area contributed by atoms with Crippen LogP contribution in [0, 0.1) is 0 Å². The monoisotopic (exact) mass is 328 g/mol.